The minimum Gasteiger partial charge on any atom is -0.497 e. The highest BCUT2D eigenvalue weighted by atomic mass is 16.5. The molecular weight excluding hydrogens is 572 g/mol. The van der Waals surface area contributed by atoms with Crippen LogP contribution in [0.15, 0.2) is 73.1 Å². The van der Waals surface area contributed by atoms with Gasteiger partial charge in [-0.25, -0.2) is 0 Å². The van der Waals surface area contributed by atoms with Crippen LogP contribution in [-0.4, -0.2) is 78.3 Å². The Morgan fingerprint density at radius 2 is 1.53 bits per heavy atom. The lowest BCUT2D eigenvalue weighted by atomic mass is 10.1. The second-order valence-electron chi connectivity index (χ2n) is 11.1. The van der Waals surface area contributed by atoms with Crippen molar-refractivity contribution < 1.29 is 23.9 Å². The molecule has 2 aromatic heterocycles. The molecule has 3 heterocycles. The highest BCUT2D eigenvalue weighted by molar-refractivity contribution is 6.06. The van der Waals surface area contributed by atoms with E-state index in [0.29, 0.717) is 40.5 Å². The monoisotopic (exact) mass is 612 g/mol. The molecule has 1 aliphatic heterocycles. The standard InChI is InChI=1S/C34H40N6O5/c1-38-23-28(37-32(41)25-8-10-27(11-9-25)36-33(42)26-5-4-6-30(20-26)44-3)21-29(38)12-7-24-19-31(39(2)22-24)34(43)35-13-14-40-15-17-45-18-16-40/h4-6,8-11,19-23H,7,12-18H2,1-3H3,(H,35,43)(H,36,42)(H,37,41). The van der Waals surface area contributed by atoms with Crippen molar-refractivity contribution in [3.63, 3.8) is 0 Å². The van der Waals surface area contributed by atoms with Gasteiger partial charge in [-0.15, -0.1) is 0 Å². The van der Waals surface area contributed by atoms with Crippen molar-refractivity contribution in [2.24, 2.45) is 14.1 Å². The zero-order chi connectivity index (χ0) is 31.8. The van der Waals surface area contributed by atoms with Gasteiger partial charge in [0.2, 0.25) is 0 Å². The van der Waals surface area contributed by atoms with E-state index in [9.17, 15) is 14.4 Å². The summed E-state index contributed by atoms with van der Waals surface area (Å²) in [4.78, 5) is 40.6. The van der Waals surface area contributed by atoms with Crippen LogP contribution in [0.3, 0.4) is 0 Å². The number of carbonyl (C=O) groups excluding carboxylic acids is 3. The number of hydrogen-bond acceptors (Lipinski definition) is 6. The predicted molar refractivity (Wildman–Crippen MR) is 173 cm³/mol. The molecule has 1 saturated heterocycles. The number of amides is 3. The van der Waals surface area contributed by atoms with E-state index >= 15 is 0 Å². The number of methoxy groups -OCH3 is 1. The van der Waals surface area contributed by atoms with Crippen LogP contribution in [0.5, 0.6) is 5.75 Å². The van der Waals surface area contributed by atoms with E-state index in [1.165, 1.54) is 0 Å². The Kier molecular flexibility index (Phi) is 10.3. The summed E-state index contributed by atoms with van der Waals surface area (Å²) in [7, 11) is 5.39. The first-order valence-corrected chi connectivity index (χ1v) is 15.0. The second kappa shape index (κ2) is 14.7. The molecule has 11 heteroatoms. The van der Waals surface area contributed by atoms with Gasteiger partial charge in [0.1, 0.15) is 11.4 Å². The summed E-state index contributed by atoms with van der Waals surface area (Å²) in [5, 5.41) is 8.83. The first-order chi connectivity index (χ1) is 21.8. The third kappa shape index (κ3) is 8.40. The number of carbonyl (C=O) groups is 3. The van der Waals surface area contributed by atoms with E-state index in [4.69, 9.17) is 9.47 Å². The van der Waals surface area contributed by atoms with Crippen LogP contribution < -0.4 is 20.7 Å². The maximum Gasteiger partial charge on any atom is 0.267 e. The second-order valence-corrected chi connectivity index (χ2v) is 11.1. The number of benzene rings is 2. The van der Waals surface area contributed by atoms with Crippen molar-refractivity contribution >= 4 is 29.1 Å². The van der Waals surface area contributed by atoms with Crippen molar-refractivity contribution in [2.45, 2.75) is 12.8 Å². The van der Waals surface area contributed by atoms with Gasteiger partial charge in [0.25, 0.3) is 17.7 Å². The summed E-state index contributed by atoms with van der Waals surface area (Å²) >= 11 is 0. The molecule has 0 unspecified atom stereocenters. The van der Waals surface area contributed by atoms with Crippen LogP contribution in [0.25, 0.3) is 0 Å². The topological polar surface area (TPSA) is 119 Å². The van der Waals surface area contributed by atoms with E-state index in [2.05, 4.69) is 20.9 Å². The number of morpholine rings is 1. The quantitative estimate of drug-likeness (QED) is 0.225. The summed E-state index contributed by atoms with van der Waals surface area (Å²) in [5.41, 5.74) is 4.99. The third-order valence-electron chi connectivity index (χ3n) is 7.88. The molecular formula is C34H40N6O5. The van der Waals surface area contributed by atoms with E-state index in [-0.39, 0.29) is 17.7 Å². The molecule has 11 nitrogen and oxygen atoms in total. The third-order valence-corrected chi connectivity index (χ3v) is 7.88. The maximum absolute atomic E-state index is 12.9. The molecule has 236 valence electrons. The fraction of sp³-hybridized carbons (Fsp3) is 0.324. The Bertz CT molecular complexity index is 1630. The van der Waals surface area contributed by atoms with Crippen LogP contribution in [-0.2, 0) is 31.7 Å². The molecule has 3 amide bonds. The van der Waals surface area contributed by atoms with E-state index < -0.39 is 0 Å². The lowest BCUT2D eigenvalue weighted by Gasteiger charge is -2.26. The van der Waals surface area contributed by atoms with Gasteiger partial charge in [0.05, 0.1) is 26.0 Å². The molecule has 5 rings (SSSR count). The molecule has 45 heavy (non-hydrogen) atoms. The van der Waals surface area contributed by atoms with Crippen LogP contribution in [0.1, 0.15) is 42.5 Å². The van der Waals surface area contributed by atoms with Crippen LogP contribution in [0.2, 0.25) is 0 Å². The molecule has 2 aromatic carbocycles. The zero-order valence-electron chi connectivity index (χ0n) is 26.0. The van der Waals surface area contributed by atoms with Gasteiger partial charge >= 0.3 is 0 Å². The molecule has 1 aliphatic rings. The molecule has 1 fully saturated rings. The highest BCUT2D eigenvalue weighted by Crippen LogP contribution is 2.19. The number of ether oxygens (including phenoxy) is 2. The summed E-state index contributed by atoms with van der Waals surface area (Å²) in [6.07, 6.45) is 5.37. The van der Waals surface area contributed by atoms with E-state index in [0.717, 1.165) is 56.9 Å². The SMILES string of the molecule is COc1cccc(C(=O)Nc2ccc(C(=O)Nc3cc(CCc4cc(C(=O)NCCN5CCOCC5)n(C)c4)n(C)c3)cc2)c1. The fourth-order valence-corrected chi connectivity index (χ4v) is 5.31. The number of aromatic nitrogens is 2. The van der Waals surface area contributed by atoms with Crippen molar-refractivity contribution in [3.8, 4) is 5.75 Å². The number of hydrogen-bond donors (Lipinski definition) is 3. The maximum atomic E-state index is 12.9. The van der Waals surface area contributed by atoms with Crippen molar-refractivity contribution in [2.75, 3.05) is 57.1 Å². The van der Waals surface area contributed by atoms with Gasteiger partial charge in [0, 0.05) is 75.2 Å². The summed E-state index contributed by atoms with van der Waals surface area (Å²) < 4.78 is 14.4. The smallest absolute Gasteiger partial charge is 0.267 e. The minimum atomic E-state index is -0.266. The molecule has 3 N–H and O–H groups in total. The minimum absolute atomic E-state index is 0.0758. The molecule has 0 radical (unpaired) electrons. The van der Waals surface area contributed by atoms with Gasteiger partial charge in [-0.2, -0.15) is 0 Å². The van der Waals surface area contributed by atoms with Gasteiger partial charge in [0.15, 0.2) is 0 Å². The molecule has 0 saturated carbocycles. The first-order valence-electron chi connectivity index (χ1n) is 15.0. The van der Waals surface area contributed by atoms with Gasteiger partial charge in [-0.1, -0.05) is 6.07 Å². The fourth-order valence-electron chi connectivity index (χ4n) is 5.31. The van der Waals surface area contributed by atoms with Gasteiger partial charge in [-0.05, 0) is 73.0 Å². The molecule has 4 aromatic rings. The summed E-state index contributed by atoms with van der Waals surface area (Å²) in [5.74, 6) is 0.0128. The predicted octanol–water partition coefficient (Wildman–Crippen LogP) is 3.72. The lowest BCUT2D eigenvalue weighted by Crippen LogP contribution is -2.41. The van der Waals surface area contributed by atoms with Gasteiger partial charge < -0.3 is 34.6 Å². The average Bonchev–Trinajstić information content (AvgIpc) is 3.61. The molecule has 0 spiro atoms. The molecule has 0 bridgehead atoms. The number of aryl methyl sites for hydroxylation is 4. The summed E-state index contributed by atoms with van der Waals surface area (Å²) in [6, 6.07) is 17.5. The van der Waals surface area contributed by atoms with Gasteiger partial charge in [-0.3, -0.25) is 19.3 Å². The average molecular weight is 613 g/mol. The van der Waals surface area contributed by atoms with E-state index in [1.807, 2.05) is 47.8 Å². The normalized spacial score (nSPS) is 13.3. The Hall–Kier alpha value is -4.87. The highest BCUT2D eigenvalue weighted by Gasteiger charge is 2.15. The molecule has 0 aliphatic carbocycles. The first kappa shape index (κ1) is 31.6. The Labute approximate surface area is 263 Å². The Morgan fingerprint density at radius 3 is 2.29 bits per heavy atom. The van der Waals surface area contributed by atoms with Crippen molar-refractivity contribution in [3.05, 3.63) is 101 Å². The Morgan fingerprint density at radius 1 is 0.800 bits per heavy atom. The van der Waals surface area contributed by atoms with Crippen molar-refractivity contribution in [1.82, 2.24) is 19.4 Å². The van der Waals surface area contributed by atoms with Crippen LogP contribution in [0.4, 0.5) is 11.4 Å². The number of rotatable bonds is 12. The molecule has 0 atom stereocenters. The largest absolute Gasteiger partial charge is 0.497 e. The zero-order valence-corrected chi connectivity index (χ0v) is 26.0. The van der Waals surface area contributed by atoms with Crippen molar-refractivity contribution in [1.29, 1.82) is 0 Å². The number of nitrogens with one attached hydrogen (secondary N) is 3. The lowest BCUT2D eigenvalue weighted by molar-refractivity contribution is 0.0383. The van der Waals surface area contributed by atoms with E-state index in [1.54, 1.807) is 55.6 Å². The number of nitrogens with zero attached hydrogens (tertiary/aromatic N) is 3. The Balaban J connectivity index is 1.11. The van der Waals surface area contributed by atoms with Crippen LogP contribution >= 0.6 is 0 Å². The number of anilines is 2. The van der Waals surface area contributed by atoms with Crippen LogP contribution in [0, 0.1) is 0 Å². The summed E-state index contributed by atoms with van der Waals surface area (Å²) in [6.45, 7) is 4.69.